The number of carbonyl (C=O) groups is 1. The number of hydrogen-bond donors (Lipinski definition) is 2. The number of hydrogen-bond acceptors (Lipinski definition) is 12. The summed E-state index contributed by atoms with van der Waals surface area (Å²) in [6.07, 6.45) is -0.134. The molecule has 0 spiro atoms. The molecule has 15 heteroatoms. The molecule has 1 saturated heterocycles. The molecule has 0 aromatic carbocycles. The molecule has 3 aromatic rings. The molecule has 13 nitrogen and oxygen atoms in total. The Kier molecular flexibility index (Phi) is 7.65. The van der Waals surface area contributed by atoms with Gasteiger partial charge in [-0.25, -0.2) is 15.0 Å². The average molecular weight is 520 g/mol. The maximum Gasteiger partial charge on any atom is 0.488 e. The van der Waals surface area contributed by atoms with Gasteiger partial charge in [-0.05, 0) is 39.8 Å². The third-order valence-corrected chi connectivity index (χ3v) is 6.63. The Morgan fingerprint density at radius 2 is 2.08 bits per heavy atom. The number of anilines is 1. The van der Waals surface area contributed by atoms with Crippen molar-refractivity contribution >= 4 is 38.3 Å². The first-order valence-electron chi connectivity index (χ1n) is 11.1. The van der Waals surface area contributed by atoms with E-state index in [1.165, 1.54) is 12.6 Å². The molecule has 0 aliphatic carbocycles. The van der Waals surface area contributed by atoms with Crippen molar-refractivity contribution in [3.63, 3.8) is 0 Å². The average Bonchev–Trinajstić information content (AvgIpc) is 3.48. The number of aliphatic hydroxyl groups excluding tert-OH is 1. The number of furan rings is 1. The lowest BCUT2D eigenvalue weighted by Gasteiger charge is -2.26. The lowest BCUT2D eigenvalue weighted by atomic mass is 9.98. The van der Waals surface area contributed by atoms with Gasteiger partial charge in [0.25, 0.3) is 0 Å². The van der Waals surface area contributed by atoms with Crippen LogP contribution in [-0.4, -0.2) is 70.4 Å². The highest BCUT2D eigenvalue weighted by Gasteiger charge is 2.44. The van der Waals surface area contributed by atoms with E-state index < -0.39 is 44.4 Å². The number of aromatic nitrogens is 4. The van der Waals surface area contributed by atoms with Crippen molar-refractivity contribution in [3.05, 3.63) is 24.7 Å². The first kappa shape index (κ1) is 26.5. The molecule has 4 heterocycles. The van der Waals surface area contributed by atoms with Gasteiger partial charge in [0.05, 0.1) is 17.8 Å². The predicted octanol–water partition coefficient (Wildman–Crippen LogP) is 2.39. The monoisotopic (exact) mass is 520 g/mol. The molecule has 2 radical (unpaired) electrons. The molecule has 36 heavy (non-hydrogen) atoms. The van der Waals surface area contributed by atoms with Crippen LogP contribution in [0.5, 0.6) is 0 Å². The van der Waals surface area contributed by atoms with Crippen molar-refractivity contribution in [2.45, 2.75) is 46.1 Å². The second-order valence-electron chi connectivity index (χ2n) is 9.18. The van der Waals surface area contributed by atoms with Gasteiger partial charge >= 0.3 is 21.4 Å². The SMILES string of the molecule is [B][P+]1(OCOC(=O)C(C)(C)C)OC[C@H](C)O[C@@H](n2c(-c3ccco3)nc3c(N)ncnc32)[C@@H](O)CO1. The van der Waals surface area contributed by atoms with Gasteiger partial charge in [-0.3, -0.25) is 9.36 Å². The standard InChI is InChI=1S/C21H28BN5O8P/c1-12-8-32-36(22,34-11-31-20(29)21(2,3)4)33-9-13(28)19(35-12)27-17(14-6-5-7-30-14)26-15-16(23)24-10-25-18(15)27/h5-7,10,12-13,19,28H,8-9,11H2,1-4H3,(H2,23,24,25)/q+1/t12-,13-,19+,36?/m0/s1. The van der Waals surface area contributed by atoms with Gasteiger partial charge in [0, 0.05) is 0 Å². The van der Waals surface area contributed by atoms with E-state index in [4.69, 9.17) is 40.8 Å². The number of rotatable bonds is 5. The fourth-order valence-corrected chi connectivity index (χ4v) is 4.50. The fraction of sp³-hybridized carbons (Fsp3) is 0.524. The molecule has 3 N–H and O–H groups in total. The van der Waals surface area contributed by atoms with Crippen LogP contribution in [-0.2, 0) is 27.8 Å². The molecule has 4 rings (SSSR count). The minimum Gasteiger partial charge on any atom is -0.461 e. The van der Waals surface area contributed by atoms with Crippen molar-refractivity contribution in [2.24, 2.45) is 5.41 Å². The molecule has 3 aromatic heterocycles. The van der Waals surface area contributed by atoms with E-state index in [1.54, 1.807) is 44.4 Å². The lowest BCUT2D eigenvalue weighted by molar-refractivity contribution is -0.160. The molecule has 1 fully saturated rings. The number of nitrogens with two attached hydrogens (primary N) is 1. The molecule has 1 aliphatic heterocycles. The van der Waals surface area contributed by atoms with Gasteiger partial charge < -0.3 is 24.7 Å². The van der Waals surface area contributed by atoms with Gasteiger partial charge in [0.15, 0.2) is 34.8 Å². The summed E-state index contributed by atoms with van der Waals surface area (Å²) in [6.45, 7) is 6.00. The Morgan fingerprint density at radius 3 is 2.78 bits per heavy atom. The van der Waals surface area contributed by atoms with E-state index >= 15 is 0 Å². The summed E-state index contributed by atoms with van der Waals surface area (Å²) in [6, 6.07) is 3.40. The maximum absolute atomic E-state index is 12.0. The lowest BCUT2D eigenvalue weighted by Crippen LogP contribution is -2.33. The topological polar surface area (TPSA) is 166 Å². The summed E-state index contributed by atoms with van der Waals surface area (Å²) in [5.74, 6) is 0.394. The van der Waals surface area contributed by atoms with Crippen LogP contribution in [0.2, 0.25) is 0 Å². The van der Waals surface area contributed by atoms with Crippen LogP contribution in [0.25, 0.3) is 22.7 Å². The zero-order valence-corrected chi connectivity index (χ0v) is 21.3. The highest BCUT2D eigenvalue weighted by atomic mass is 31.2. The minimum absolute atomic E-state index is 0.0411. The summed E-state index contributed by atoms with van der Waals surface area (Å²) in [5, 5.41) is 11.2. The van der Waals surface area contributed by atoms with Crippen molar-refractivity contribution in [3.8, 4) is 11.6 Å². The Labute approximate surface area is 209 Å². The Morgan fingerprint density at radius 1 is 1.33 bits per heavy atom. The number of esters is 1. The van der Waals surface area contributed by atoms with Crippen LogP contribution in [0.1, 0.15) is 33.9 Å². The summed E-state index contributed by atoms with van der Waals surface area (Å²) < 4.78 is 35.2. The normalized spacial score (nSPS) is 25.8. The predicted molar refractivity (Wildman–Crippen MR) is 129 cm³/mol. The summed E-state index contributed by atoms with van der Waals surface area (Å²) in [4.78, 5) is 24.9. The fourth-order valence-electron chi connectivity index (χ4n) is 3.30. The zero-order chi connectivity index (χ0) is 26.1. The number of nitrogens with zero attached hydrogens (tertiary/aromatic N) is 4. The van der Waals surface area contributed by atoms with E-state index in [-0.39, 0.29) is 19.0 Å². The highest BCUT2D eigenvalue weighted by molar-refractivity contribution is 7.85. The molecular weight excluding hydrogens is 492 g/mol. The molecule has 1 aliphatic rings. The molecule has 0 amide bonds. The van der Waals surface area contributed by atoms with E-state index in [2.05, 4.69) is 15.0 Å². The maximum atomic E-state index is 12.0. The third-order valence-electron chi connectivity index (χ3n) is 5.15. The molecule has 0 bridgehead atoms. The van der Waals surface area contributed by atoms with Crippen LogP contribution in [0.3, 0.4) is 0 Å². The number of fused-ring (bicyclic) bond motifs is 1. The van der Waals surface area contributed by atoms with E-state index in [1.807, 2.05) is 0 Å². The summed E-state index contributed by atoms with van der Waals surface area (Å²) in [5.41, 5.74) is 5.94. The molecule has 192 valence electrons. The third kappa shape index (κ3) is 5.69. The van der Waals surface area contributed by atoms with Crippen molar-refractivity contribution in [2.75, 3.05) is 25.7 Å². The molecular formula is C21H28BN5O8P+. The van der Waals surface area contributed by atoms with Crippen molar-refractivity contribution in [1.29, 1.82) is 0 Å². The quantitative estimate of drug-likeness (QED) is 0.219. The summed E-state index contributed by atoms with van der Waals surface area (Å²) >= 11 is 0. The van der Waals surface area contributed by atoms with Crippen LogP contribution >= 0.6 is 7.82 Å². The highest BCUT2D eigenvalue weighted by Crippen LogP contribution is 2.58. The Balaban J connectivity index is 1.60. The van der Waals surface area contributed by atoms with Gasteiger partial charge in [-0.1, -0.05) is 0 Å². The number of ether oxygens (including phenoxy) is 2. The van der Waals surface area contributed by atoms with E-state index in [9.17, 15) is 9.90 Å². The van der Waals surface area contributed by atoms with Gasteiger partial charge in [-0.2, -0.15) is 13.6 Å². The van der Waals surface area contributed by atoms with Crippen molar-refractivity contribution < 1.29 is 37.4 Å². The number of carbonyl (C=O) groups excluding carboxylic acids is 1. The largest absolute Gasteiger partial charge is 0.488 e. The van der Waals surface area contributed by atoms with Crippen LogP contribution in [0.15, 0.2) is 29.1 Å². The van der Waals surface area contributed by atoms with E-state index in [0.29, 0.717) is 22.7 Å². The molecule has 1 unspecified atom stereocenters. The zero-order valence-electron chi connectivity index (χ0n) is 20.4. The smallest absolute Gasteiger partial charge is 0.461 e. The van der Waals surface area contributed by atoms with Gasteiger partial charge in [0.1, 0.15) is 25.6 Å². The molecule has 4 atom stereocenters. The summed E-state index contributed by atoms with van der Waals surface area (Å²) in [7, 11) is 2.74. The van der Waals surface area contributed by atoms with Crippen LogP contribution in [0, 0.1) is 5.41 Å². The second kappa shape index (κ2) is 10.4. The van der Waals surface area contributed by atoms with Crippen LogP contribution in [0.4, 0.5) is 5.82 Å². The van der Waals surface area contributed by atoms with Gasteiger partial charge in [-0.15, -0.1) is 0 Å². The van der Waals surface area contributed by atoms with Crippen molar-refractivity contribution in [1.82, 2.24) is 19.5 Å². The Bertz CT molecular complexity index is 1200. The number of nitrogen functional groups attached to an aromatic ring is 1. The van der Waals surface area contributed by atoms with Gasteiger partial charge in [0.2, 0.25) is 6.79 Å². The van der Waals surface area contributed by atoms with E-state index in [0.717, 1.165) is 0 Å². The molecule has 0 saturated carbocycles. The number of imidazole rings is 1. The van der Waals surface area contributed by atoms with Crippen LogP contribution < -0.4 is 5.73 Å². The first-order chi connectivity index (χ1) is 17.0. The number of aliphatic hydroxyl groups is 1. The first-order valence-corrected chi connectivity index (χ1v) is 12.7. The second-order valence-corrected chi connectivity index (χ2v) is 11.0. The minimum atomic E-state index is -3.47. The Hall–Kier alpha value is -2.61.